The van der Waals surface area contributed by atoms with Crippen molar-refractivity contribution in [2.24, 2.45) is 5.73 Å². The minimum absolute atomic E-state index is 0.155. The van der Waals surface area contributed by atoms with E-state index in [1.54, 1.807) is 12.3 Å². The molecule has 0 aliphatic rings. The predicted octanol–water partition coefficient (Wildman–Crippen LogP) is 2.75. The van der Waals surface area contributed by atoms with Crippen molar-refractivity contribution in [3.8, 4) is 0 Å². The summed E-state index contributed by atoms with van der Waals surface area (Å²) in [5.74, 6) is 0. The minimum atomic E-state index is -0.155. The van der Waals surface area contributed by atoms with E-state index in [-0.39, 0.29) is 6.04 Å². The summed E-state index contributed by atoms with van der Waals surface area (Å²) in [6.07, 6.45) is 4.26. The Morgan fingerprint density at radius 2 is 2.11 bits per heavy atom. The molecule has 0 saturated heterocycles. The highest BCUT2D eigenvalue weighted by molar-refractivity contribution is 6.30. The molecule has 0 fully saturated rings. The molecule has 2 N–H and O–H groups in total. The number of hydrogen-bond donors (Lipinski definition) is 1. The molecule has 2 aromatic heterocycles. The van der Waals surface area contributed by atoms with Gasteiger partial charge in [-0.15, -0.1) is 0 Å². The number of aromatic nitrogens is 3. The van der Waals surface area contributed by atoms with E-state index in [0.29, 0.717) is 17.5 Å². The highest BCUT2D eigenvalue weighted by Gasteiger charge is 2.11. The van der Waals surface area contributed by atoms with E-state index >= 15 is 0 Å². The van der Waals surface area contributed by atoms with Crippen molar-refractivity contribution in [1.29, 1.82) is 0 Å². The molecular weight excluding hydrogens is 248 g/mol. The largest absolute Gasteiger partial charge is 0.322 e. The smallest absolute Gasteiger partial charge is 0.0644 e. The van der Waals surface area contributed by atoms with Gasteiger partial charge in [-0.3, -0.25) is 9.67 Å². The number of nitrogens with zero attached hydrogens (tertiary/aromatic N) is 3. The first-order chi connectivity index (χ1) is 8.56. The summed E-state index contributed by atoms with van der Waals surface area (Å²) in [5.41, 5.74) is 7.92. The van der Waals surface area contributed by atoms with E-state index in [1.165, 1.54) is 0 Å². The first kappa shape index (κ1) is 13.1. The maximum atomic E-state index is 6.11. The average Bonchev–Trinajstić information content (AvgIpc) is 2.78. The lowest BCUT2D eigenvalue weighted by Crippen LogP contribution is -2.15. The average molecular weight is 265 g/mol. The van der Waals surface area contributed by atoms with E-state index in [9.17, 15) is 0 Å². The second-order valence-corrected chi connectivity index (χ2v) is 5.03. The highest BCUT2D eigenvalue weighted by Crippen LogP contribution is 2.15. The van der Waals surface area contributed by atoms with Crippen LogP contribution in [-0.2, 0) is 6.42 Å². The van der Waals surface area contributed by atoms with E-state index in [0.717, 1.165) is 11.4 Å². The van der Waals surface area contributed by atoms with Gasteiger partial charge in [-0.05, 0) is 32.0 Å². The molecule has 18 heavy (non-hydrogen) atoms. The molecule has 0 aliphatic carbocycles. The van der Waals surface area contributed by atoms with E-state index in [4.69, 9.17) is 17.3 Å². The molecule has 1 unspecified atom stereocenters. The predicted molar refractivity (Wildman–Crippen MR) is 72.5 cm³/mol. The van der Waals surface area contributed by atoms with Crippen molar-refractivity contribution >= 4 is 11.6 Å². The third-order valence-electron chi connectivity index (χ3n) is 2.75. The monoisotopic (exact) mass is 264 g/mol. The highest BCUT2D eigenvalue weighted by atomic mass is 35.5. The fourth-order valence-electron chi connectivity index (χ4n) is 1.71. The number of halogens is 1. The molecule has 2 heterocycles. The van der Waals surface area contributed by atoms with Crippen molar-refractivity contribution < 1.29 is 0 Å². The Morgan fingerprint density at radius 1 is 1.33 bits per heavy atom. The fraction of sp³-hybridized carbons (Fsp3) is 0.385. The molecule has 0 radical (unpaired) electrons. The first-order valence-corrected chi connectivity index (χ1v) is 6.35. The van der Waals surface area contributed by atoms with Gasteiger partial charge >= 0.3 is 0 Å². The summed E-state index contributed by atoms with van der Waals surface area (Å²) in [7, 11) is 0. The minimum Gasteiger partial charge on any atom is -0.322 e. The van der Waals surface area contributed by atoms with Crippen LogP contribution in [0.15, 0.2) is 30.6 Å². The van der Waals surface area contributed by atoms with Gasteiger partial charge in [-0.2, -0.15) is 5.10 Å². The van der Waals surface area contributed by atoms with Crippen LogP contribution in [0.25, 0.3) is 0 Å². The molecule has 2 aromatic rings. The van der Waals surface area contributed by atoms with E-state index < -0.39 is 0 Å². The summed E-state index contributed by atoms with van der Waals surface area (Å²) in [4.78, 5) is 4.22. The third-order valence-corrected chi connectivity index (χ3v) is 2.98. The Bertz CT molecular complexity index is 504. The van der Waals surface area contributed by atoms with Crippen LogP contribution < -0.4 is 5.73 Å². The molecule has 4 nitrogen and oxygen atoms in total. The lowest BCUT2D eigenvalue weighted by molar-refractivity contribution is 0.522. The summed E-state index contributed by atoms with van der Waals surface area (Å²) in [6, 6.07) is 5.86. The van der Waals surface area contributed by atoms with Gasteiger partial charge in [-0.1, -0.05) is 11.6 Å². The Balaban J connectivity index is 2.06. The zero-order valence-corrected chi connectivity index (χ0v) is 11.3. The lowest BCUT2D eigenvalue weighted by Gasteiger charge is -2.09. The van der Waals surface area contributed by atoms with Crippen LogP contribution in [-0.4, -0.2) is 14.8 Å². The van der Waals surface area contributed by atoms with Crippen LogP contribution in [0.4, 0.5) is 0 Å². The van der Waals surface area contributed by atoms with Crippen LogP contribution in [0.2, 0.25) is 5.02 Å². The molecule has 0 saturated carbocycles. The molecule has 2 rings (SSSR count). The number of rotatable bonds is 4. The standard InChI is InChI=1S/C13H17ClN4/c1-9(2)18-6-5-11(17-18)7-12(15)13-4-3-10(14)8-16-13/h3-6,8-9,12H,7,15H2,1-2H3. The van der Waals surface area contributed by atoms with Gasteiger partial charge in [0.25, 0.3) is 0 Å². The first-order valence-electron chi connectivity index (χ1n) is 5.97. The topological polar surface area (TPSA) is 56.7 Å². The molecule has 96 valence electrons. The Morgan fingerprint density at radius 3 is 2.67 bits per heavy atom. The molecule has 0 bridgehead atoms. The summed E-state index contributed by atoms with van der Waals surface area (Å²) < 4.78 is 1.93. The van der Waals surface area contributed by atoms with Gasteiger partial charge in [-0.25, -0.2) is 0 Å². The third kappa shape index (κ3) is 3.09. The number of pyridine rings is 1. The molecule has 0 amide bonds. The van der Waals surface area contributed by atoms with Gasteiger partial charge in [0.15, 0.2) is 0 Å². The van der Waals surface area contributed by atoms with Crippen molar-refractivity contribution in [3.05, 3.63) is 47.0 Å². The Hall–Kier alpha value is -1.39. The van der Waals surface area contributed by atoms with Gasteiger partial charge in [0.05, 0.1) is 22.5 Å². The molecule has 0 spiro atoms. The maximum absolute atomic E-state index is 6.11. The van der Waals surface area contributed by atoms with Gasteiger partial charge < -0.3 is 5.73 Å². The number of nitrogens with two attached hydrogens (primary N) is 1. The van der Waals surface area contributed by atoms with Gasteiger partial charge in [0.1, 0.15) is 0 Å². The van der Waals surface area contributed by atoms with Crippen molar-refractivity contribution in [3.63, 3.8) is 0 Å². The summed E-state index contributed by atoms with van der Waals surface area (Å²) in [5, 5.41) is 5.10. The summed E-state index contributed by atoms with van der Waals surface area (Å²) >= 11 is 5.80. The Labute approximate surface area is 112 Å². The van der Waals surface area contributed by atoms with Crippen LogP contribution in [0.5, 0.6) is 0 Å². The maximum Gasteiger partial charge on any atom is 0.0644 e. The second kappa shape index (κ2) is 5.50. The molecule has 0 aromatic carbocycles. The quantitative estimate of drug-likeness (QED) is 0.924. The van der Waals surface area contributed by atoms with Crippen LogP contribution in [0.3, 0.4) is 0 Å². The normalized spacial score (nSPS) is 12.9. The number of hydrogen-bond acceptors (Lipinski definition) is 3. The van der Waals surface area contributed by atoms with Crippen LogP contribution in [0.1, 0.15) is 37.3 Å². The SMILES string of the molecule is CC(C)n1ccc(CC(N)c2ccc(Cl)cn2)n1. The molecule has 5 heteroatoms. The van der Waals surface area contributed by atoms with Gasteiger partial charge in [0, 0.05) is 24.9 Å². The molecular formula is C13H17ClN4. The van der Waals surface area contributed by atoms with Crippen molar-refractivity contribution in [2.75, 3.05) is 0 Å². The van der Waals surface area contributed by atoms with Crippen molar-refractivity contribution in [1.82, 2.24) is 14.8 Å². The lowest BCUT2D eigenvalue weighted by atomic mass is 10.1. The zero-order valence-electron chi connectivity index (χ0n) is 10.5. The van der Waals surface area contributed by atoms with Crippen molar-refractivity contribution in [2.45, 2.75) is 32.4 Å². The summed E-state index contributed by atoms with van der Waals surface area (Å²) in [6.45, 7) is 4.19. The zero-order chi connectivity index (χ0) is 13.1. The van der Waals surface area contributed by atoms with E-state index in [2.05, 4.69) is 23.9 Å². The molecule has 1 atom stereocenters. The van der Waals surface area contributed by atoms with Gasteiger partial charge in [0.2, 0.25) is 0 Å². The second-order valence-electron chi connectivity index (χ2n) is 4.59. The fourth-order valence-corrected chi connectivity index (χ4v) is 1.82. The van der Waals surface area contributed by atoms with E-state index in [1.807, 2.05) is 23.0 Å². The van der Waals surface area contributed by atoms with Crippen LogP contribution >= 0.6 is 11.6 Å². The van der Waals surface area contributed by atoms with Crippen LogP contribution in [0, 0.1) is 0 Å². The molecule has 0 aliphatic heterocycles. The Kier molecular flexibility index (Phi) is 3.99.